The highest BCUT2D eigenvalue weighted by Gasteiger charge is 2.44. The Balaban J connectivity index is 2.40. The Morgan fingerprint density at radius 1 is 1.11 bits per heavy atom. The van der Waals surface area contributed by atoms with Crippen molar-refractivity contribution in [3.05, 3.63) is 29.8 Å². The second-order valence-electron chi connectivity index (χ2n) is 6.32. The van der Waals surface area contributed by atoms with Gasteiger partial charge in [0.1, 0.15) is 5.54 Å². The smallest absolute Gasteiger partial charge is 0.245 e. The highest BCUT2D eigenvalue weighted by atomic mass is 16.2. The summed E-state index contributed by atoms with van der Waals surface area (Å²) < 4.78 is 0. The van der Waals surface area contributed by atoms with Gasteiger partial charge in [-0.25, -0.2) is 0 Å². The van der Waals surface area contributed by atoms with Gasteiger partial charge in [0.05, 0.1) is 5.54 Å². The first kappa shape index (κ1) is 12.9. The summed E-state index contributed by atoms with van der Waals surface area (Å²) in [6.45, 7) is 10.9. The largest absolute Gasteiger partial charge is 0.355 e. The summed E-state index contributed by atoms with van der Waals surface area (Å²) in [4.78, 5) is 14.4. The molecule has 1 aromatic rings. The Kier molecular flexibility index (Phi) is 2.88. The van der Waals surface area contributed by atoms with Crippen molar-refractivity contribution in [2.24, 2.45) is 0 Å². The normalized spacial score (nSPS) is 21.6. The third-order valence-electron chi connectivity index (χ3n) is 3.58. The van der Waals surface area contributed by atoms with Crippen LogP contribution in [0.5, 0.6) is 0 Å². The Hall–Kier alpha value is -1.51. The quantitative estimate of drug-likeness (QED) is 0.825. The van der Waals surface area contributed by atoms with Gasteiger partial charge in [-0.2, -0.15) is 0 Å². The van der Waals surface area contributed by atoms with Crippen LogP contribution in [0, 0.1) is 6.92 Å². The maximum absolute atomic E-state index is 12.2. The van der Waals surface area contributed by atoms with E-state index in [2.05, 4.69) is 55.3 Å². The summed E-state index contributed by atoms with van der Waals surface area (Å²) in [5.41, 5.74) is 1.63. The van der Waals surface area contributed by atoms with Crippen molar-refractivity contribution >= 4 is 11.6 Å². The lowest BCUT2D eigenvalue weighted by Crippen LogP contribution is -2.69. The molecule has 0 saturated carbocycles. The van der Waals surface area contributed by atoms with Crippen LogP contribution in [0.3, 0.4) is 0 Å². The average Bonchev–Trinajstić information content (AvgIpc) is 2.25. The van der Waals surface area contributed by atoms with Gasteiger partial charge in [0.15, 0.2) is 0 Å². The standard InChI is InChI=1S/C15H22N2O/c1-11-6-8-12(9-7-11)17-10-14(2,3)16-13(18)15(17,4)5/h6-9H,10H2,1-5H3,(H,16,18). The number of nitrogens with one attached hydrogen (secondary N) is 1. The van der Waals surface area contributed by atoms with Crippen molar-refractivity contribution < 1.29 is 4.79 Å². The predicted octanol–water partition coefficient (Wildman–Crippen LogP) is 2.49. The van der Waals surface area contributed by atoms with E-state index >= 15 is 0 Å². The lowest BCUT2D eigenvalue weighted by Gasteiger charge is -2.49. The van der Waals surface area contributed by atoms with Crippen LogP contribution in [0.2, 0.25) is 0 Å². The van der Waals surface area contributed by atoms with E-state index in [1.54, 1.807) is 0 Å². The molecule has 1 aliphatic rings. The summed E-state index contributed by atoms with van der Waals surface area (Å²) >= 11 is 0. The van der Waals surface area contributed by atoms with Gasteiger partial charge in [0.2, 0.25) is 5.91 Å². The minimum atomic E-state index is -0.509. The van der Waals surface area contributed by atoms with E-state index < -0.39 is 5.54 Å². The highest BCUT2D eigenvalue weighted by molar-refractivity contribution is 5.91. The van der Waals surface area contributed by atoms with Crippen LogP contribution < -0.4 is 10.2 Å². The van der Waals surface area contributed by atoms with E-state index in [0.29, 0.717) is 0 Å². The molecule has 0 aliphatic carbocycles. The zero-order valence-corrected chi connectivity index (χ0v) is 11.9. The summed E-state index contributed by atoms with van der Waals surface area (Å²) in [7, 11) is 0. The molecule has 1 N–H and O–H groups in total. The van der Waals surface area contributed by atoms with E-state index in [4.69, 9.17) is 0 Å². The number of amides is 1. The SMILES string of the molecule is Cc1ccc(N2CC(C)(C)NC(=O)C2(C)C)cc1. The summed E-state index contributed by atoms with van der Waals surface area (Å²) in [5.74, 6) is 0.0827. The second-order valence-corrected chi connectivity index (χ2v) is 6.32. The molecule has 1 fully saturated rings. The van der Waals surface area contributed by atoms with Gasteiger partial charge in [-0.1, -0.05) is 17.7 Å². The van der Waals surface area contributed by atoms with Crippen molar-refractivity contribution in [3.63, 3.8) is 0 Å². The number of benzene rings is 1. The van der Waals surface area contributed by atoms with Crippen molar-refractivity contribution in [2.75, 3.05) is 11.4 Å². The minimum Gasteiger partial charge on any atom is -0.355 e. The fourth-order valence-corrected chi connectivity index (χ4v) is 2.35. The van der Waals surface area contributed by atoms with Crippen molar-refractivity contribution in [1.82, 2.24) is 5.32 Å². The molecule has 1 aliphatic heterocycles. The van der Waals surface area contributed by atoms with Gasteiger partial charge in [-0.05, 0) is 46.8 Å². The van der Waals surface area contributed by atoms with Crippen LogP contribution in [0.4, 0.5) is 5.69 Å². The Morgan fingerprint density at radius 3 is 2.22 bits per heavy atom. The molecule has 1 amide bonds. The number of carbonyl (C=O) groups is 1. The summed E-state index contributed by atoms with van der Waals surface area (Å²) in [6, 6.07) is 8.35. The summed E-state index contributed by atoms with van der Waals surface area (Å²) in [5, 5.41) is 3.08. The fourth-order valence-electron chi connectivity index (χ4n) is 2.35. The lowest BCUT2D eigenvalue weighted by molar-refractivity contribution is -0.128. The minimum absolute atomic E-state index is 0.0827. The van der Waals surface area contributed by atoms with E-state index in [0.717, 1.165) is 12.2 Å². The van der Waals surface area contributed by atoms with Crippen LogP contribution in [-0.2, 0) is 4.79 Å². The zero-order chi connectivity index (χ0) is 13.6. The maximum Gasteiger partial charge on any atom is 0.245 e. The Morgan fingerprint density at radius 2 is 1.67 bits per heavy atom. The molecule has 98 valence electrons. The van der Waals surface area contributed by atoms with Crippen molar-refractivity contribution in [3.8, 4) is 0 Å². The number of hydrogen-bond acceptors (Lipinski definition) is 2. The number of piperazine rings is 1. The van der Waals surface area contributed by atoms with Crippen LogP contribution >= 0.6 is 0 Å². The monoisotopic (exact) mass is 246 g/mol. The first-order valence-corrected chi connectivity index (χ1v) is 6.39. The molecule has 3 heteroatoms. The number of nitrogens with zero attached hydrogens (tertiary/aromatic N) is 1. The maximum atomic E-state index is 12.2. The topological polar surface area (TPSA) is 32.3 Å². The number of anilines is 1. The summed E-state index contributed by atoms with van der Waals surface area (Å²) in [6.07, 6.45) is 0. The van der Waals surface area contributed by atoms with Gasteiger partial charge in [-0.15, -0.1) is 0 Å². The van der Waals surface area contributed by atoms with Crippen molar-refractivity contribution in [1.29, 1.82) is 0 Å². The molecule has 2 rings (SSSR count). The molecule has 0 unspecified atom stereocenters. The molecule has 0 bridgehead atoms. The highest BCUT2D eigenvalue weighted by Crippen LogP contribution is 2.30. The molecule has 3 nitrogen and oxygen atoms in total. The van der Waals surface area contributed by atoms with Gasteiger partial charge in [-0.3, -0.25) is 4.79 Å². The van der Waals surface area contributed by atoms with Gasteiger partial charge < -0.3 is 10.2 Å². The molecule has 1 aromatic carbocycles. The van der Waals surface area contributed by atoms with Crippen LogP contribution in [-0.4, -0.2) is 23.5 Å². The van der Waals surface area contributed by atoms with Gasteiger partial charge in [0, 0.05) is 12.2 Å². The third kappa shape index (κ3) is 2.22. The molecular formula is C15H22N2O. The van der Waals surface area contributed by atoms with E-state index in [1.807, 2.05) is 13.8 Å². The van der Waals surface area contributed by atoms with E-state index in [1.165, 1.54) is 5.56 Å². The molecule has 1 heterocycles. The van der Waals surface area contributed by atoms with E-state index in [9.17, 15) is 4.79 Å². The lowest BCUT2D eigenvalue weighted by atomic mass is 9.90. The number of rotatable bonds is 1. The fraction of sp³-hybridized carbons (Fsp3) is 0.533. The number of carbonyl (C=O) groups excluding carboxylic acids is 1. The predicted molar refractivity (Wildman–Crippen MR) is 74.8 cm³/mol. The van der Waals surface area contributed by atoms with Crippen LogP contribution in [0.25, 0.3) is 0 Å². The average molecular weight is 246 g/mol. The third-order valence-corrected chi connectivity index (χ3v) is 3.58. The van der Waals surface area contributed by atoms with Crippen molar-refractivity contribution in [2.45, 2.75) is 45.7 Å². The first-order chi connectivity index (χ1) is 8.22. The van der Waals surface area contributed by atoms with Crippen LogP contribution in [0.1, 0.15) is 33.3 Å². The molecule has 0 atom stereocenters. The Bertz CT molecular complexity index is 460. The van der Waals surface area contributed by atoms with Gasteiger partial charge in [0.25, 0.3) is 0 Å². The molecule has 1 saturated heterocycles. The number of hydrogen-bond donors (Lipinski definition) is 1. The van der Waals surface area contributed by atoms with Crippen LogP contribution in [0.15, 0.2) is 24.3 Å². The second kappa shape index (κ2) is 4.01. The number of aryl methyl sites for hydroxylation is 1. The zero-order valence-electron chi connectivity index (χ0n) is 11.9. The molecule has 0 aromatic heterocycles. The van der Waals surface area contributed by atoms with Gasteiger partial charge >= 0.3 is 0 Å². The van der Waals surface area contributed by atoms with E-state index in [-0.39, 0.29) is 11.4 Å². The molecule has 18 heavy (non-hydrogen) atoms. The molecule has 0 spiro atoms. The first-order valence-electron chi connectivity index (χ1n) is 6.39. The molecule has 0 radical (unpaired) electrons. The molecular weight excluding hydrogens is 224 g/mol. The Labute approximate surface area is 109 Å².